The second kappa shape index (κ2) is 6.86. The van der Waals surface area contributed by atoms with Gasteiger partial charge in [-0.15, -0.1) is 0 Å². The maximum absolute atomic E-state index is 12.5. The van der Waals surface area contributed by atoms with Gasteiger partial charge in [-0.05, 0) is 54.7 Å². The zero-order valence-electron chi connectivity index (χ0n) is 13.9. The lowest BCUT2D eigenvalue weighted by molar-refractivity contribution is 0.102. The number of para-hydroxylation sites is 1. The van der Waals surface area contributed by atoms with E-state index >= 15 is 0 Å². The standard InChI is InChI=1S/C20H24N2O/c1-15(2)18-7-3-4-8-19(18)21-20(23)16-9-11-17(12-10-16)22-13-5-6-14-22/h3-4,7-12,15H,5-6,13-14H2,1-2H3,(H,21,23). The molecule has 0 unspecified atom stereocenters. The van der Waals surface area contributed by atoms with Crippen LogP contribution in [0.2, 0.25) is 0 Å². The van der Waals surface area contributed by atoms with Gasteiger partial charge in [-0.25, -0.2) is 0 Å². The van der Waals surface area contributed by atoms with Crippen LogP contribution in [0.15, 0.2) is 48.5 Å². The molecule has 1 aliphatic heterocycles. The molecular formula is C20H24N2O. The van der Waals surface area contributed by atoms with E-state index < -0.39 is 0 Å². The fourth-order valence-corrected chi connectivity index (χ4v) is 3.11. The number of amides is 1. The molecule has 0 saturated carbocycles. The van der Waals surface area contributed by atoms with Gasteiger partial charge in [-0.1, -0.05) is 32.0 Å². The van der Waals surface area contributed by atoms with Crippen LogP contribution in [0.3, 0.4) is 0 Å². The molecule has 120 valence electrons. The average Bonchev–Trinajstić information content (AvgIpc) is 3.10. The van der Waals surface area contributed by atoms with Crippen molar-refractivity contribution < 1.29 is 4.79 Å². The second-order valence-corrected chi connectivity index (χ2v) is 6.44. The van der Waals surface area contributed by atoms with Crippen molar-refractivity contribution in [2.45, 2.75) is 32.6 Å². The summed E-state index contributed by atoms with van der Waals surface area (Å²) < 4.78 is 0. The molecular weight excluding hydrogens is 284 g/mol. The van der Waals surface area contributed by atoms with Crippen molar-refractivity contribution in [2.24, 2.45) is 0 Å². The lowest BCUT2D eigenvalue weighted by Gasteiger charge is -2.18. The molecule has 0 atom stereocenters. The van der Waals surface area contributed by atoms with E-state index in [4.69, 9.17) is 0 Å². The van der Waals surface area contributed by atoms with Crippen molar-refractivity contribution in [3.05, 3.63) is 59.7 Å². The first kappa shape index (κ1) is 15.6. The molecule has 1 amide bonds. The first-order chi connectivity index (χ1) is 11.1. The highest BCUT2D eigenvalue weighted by Crippen LogP contribution is 2.25. The van der Waals surface area contributed by atoms with Gasteiger partial charge in [-0.2, -0.15) is 0 Å². The SMILES string of the molecule is CC(C)c1ccccc1NC(=O)c1ccc(N2CCCC2)cc1. The predicted molar refractivity (Wildman–Crippen MR) is 96.4 cm³/mol. The summed E-state index contributed by atoms with van der Waals surface area (Å²) >= 11 is 0. The third-order valence-corrected chi connectivity index (χ3v) is 4.43. The highest BCUT2D eigenvalue weighted by Gasteiger charge is 2.14. The lowest BCUT2D eigenvalue weighted by atomic mass is 10.0. The second-order valence-electron chi connectivity index (χ2n) is 6.44. The maximum Gasteiger partial charge on any atom is 0.255 e. The first-order valence-corrected chi connectivity index (χ1v) is 8.40. The Bertz CT molecular complexity index is 670. The Hall–Kier alpha value is -2.29. The van der Waals surface area contributed by atoms with Gasteiger partial charge in [0.2, 0.25) is 0 Å². The first-order valence-electron chi connectivity index (χ1n) is 8.40. The Kier molecular flexibility index (Phi) is 4.65. The predicted octanol–water partition coefficient (Wildman–Crippen LogP) is 4.66. The number of anilines is 2. The minimum Gasteiger partial charge on any atom is -0.372 e. The van der Waals surface area contributed by atoms with Crippen LogP contribution in [-0.2, 0) is 0 Å². The monoisotopic (exact) mass is 308 g/mol. The molecule has 0 bridgehead atoms. The molecule has 3 rings (SSSR count). The van der Waals surface area contributed by atoms with E-state index in [-0.39, 0.29) is 5.91 Å². The summed E-state index contributed by atoms with van der Waals surface area (Å²) in [5.41, 5.74) is 3.97. The van der Waals surface area contributed by atoms with Crippen molar-refractivity contribution in [3.63, 3.8) is 0 Å². The van der Waals surface area contributed by atoms with Crippen LogP contribution >= 0.6 is 0 Å². The Balaban J connectivity index is 1.73. The number of hydrogen-bond acceptors (Lipinski definition) is 2. The summed E-state index contributed by atoms with van der Waals surface area (Å²) in [5, 5.41) is 3.04. The molecule has 2 aromatic carbocycles. The average molecular weight is 308 g/mol. The van der Waals surface area contributed by atoms with E-state index in [2.05, 4.69) is 42.3 Å². The lowest BCUT2D eigenvalue weighted by Crippen LogP contribution is -2.18. The number of carbonyl (C=O) groups excluding carboxylic acids is 1. The van der Waals surface area contributed by atoms with Crippen molar-refractivity contribution in [1.82, 2.24) is 0 Å². The van der Waals surface area contributed by atoms with E-state index in [9.17, 15) is 4.79 Å². The Morgan fingerprint density at radius 2 is 1.65 bits per heavy atom. The largest absolute Gasteiger partial charge is 0.372 e. The highest BCUT2D eigenvalue weighted by atomic mass is 16.1. The Morgan fingerprint density at radius 1 is 1.00 bits per heavy atom. The minimum atomic E-state index is -0.0499. The number of rotatable bonds is 4. The van der Waals surface area contributed by atoms with E-state index in [1.54, 1.807) is 0 Å². The molecule has 1 heterocycles. The van der Waals surface area contributed by atoms with Crippen molar-refractivity contribution in [1.29, 1.82) is 0 Å². The molecule has 0 radical (unpaired) electrons. The molecule has 0 aromatic heterocycles. The van der Waals surface area contributed by atoms with Crippen molar-refractivity contribution >= 4 is 17.3 Å². The molecule has 23 heavy (non-hydrogen) atoms. The molecule has 1 N–H and O–H groups in total. The zero-order valence-corrected chi connectivity index (χ0v) is 13.9. The summed E-state index contributed by atoms with van der Waals surface area (Å²) in [6.45, 7) is 6.51. The Morgan fingerprint density at radius 3 is 2.30 bits per heavy atom. The highest BCUT2D eigenvalue weighted by molar-refractivity contribution is 6.04. The van der Waals surface area contributed by atoms with Crippen LogP contribution < -0.4 is 10.2 Å². The van der Waals surface area contributed by atoms with Gasteiger partial charge >= 0.3 is 0 Å². The molecule has 1 aliphatic rings. The van der Waals surface area contributed by atoms with Crippen LogP contribution in [0.25, 0.3) is 0 Å². The quantitative estimate of drug-likeness (QED) is 0.890. The van der Waals surface area contributed by atoms with Crippen LogP contribution in [0.5, 0.6) is 0 Å². The number of nitrogens with one attached hydrogen (secondary N) is 1. The van der Waals surface area contributed by atoms with Gasteiger partial charge in [0.1, 0.15) is 0 Å². The maximum atomic E-state index is 12.5. The summed E-state index contributed by atoms with van der Waals surface area (Å²) in [7, 11) is 0. The van der Waals surface area contributed by atoms with Crippen LogP contribution in [0.1, 0.15) is 48.5 Å². The summed E-state index contributed by atoms with van der Waals surface area (Å²) in [5.74, 6) is 0.329. The van der Waals surface area contributed by atoms with Crippen LogP contribution in [0.4, 0.5) is 11.4 Å². The molecule has 1 fully saturated rings. The van der Waals surface area contributed by atoms with Crippen LogP contribution in [0, 0.1) is 0 Å². The molecule has 0 spiro atoms. The third-order valence-electron chi connectivity index (χ3n) is 4.43. The molecule has 1 saturated heterocycles. The number of carbonyl (C=O) groups is 1. The normalized spacial score (nSPS) is 14.3. The molecule has 3 heteroatoms. The van der Waals surface area contributed by atoms with Crippen LogP contribution in [-0.4, -0.2) is 19.0 Å². The summed E-state index contributed by atoms with van der Waals surface area (Å²) in [6.07, 6.45) is 2.52. The van der Waals surface area contributed by atoms with Gasteiger partial charge in [0.05, 0.1) is 0 Å². The molecule has 0 aliphatic carbocycles. The van der Waals surface area contributed by atoms with Gasteiger partial charge in [0.25, 0.3) is 5.91 Å². The zero-order chi connectivity index (χ0) is 16.2. The molecule has 2 aromatic rings. The number of benzene rings is 2. The van der Waals surface area contributed by atoms with E-state index in [0.29, 0.717) is 11.5 Å². The van der Waals surface area contributed by atoms with Gasteiger partial charge in [0.15, 0.2) is 0 Å². The number of nitrogens with zero attached hydrogens (tertiary/aromatic N) is 1. The molecule has 3 nitrogen and oxygen atoms in total. The topological polar surface area (TPSA) is 32.3 Å². The smallest absolute Gasteiger partial charge is 0.255 e. The number of hydrogen-bond donors (Lipinski definition) is 1. The van der Waals surface area contributed by atoms with E-state index in [0.717, 1.165) is 24.3 Å². The minimum absolute atomic E-state index is 0.0499. The van der Waals surface area contributed by atoms with Gasteiger partial charge < -0.3 is 10.2 Å². The summed E-state index contributed by atoms with van der Waals surface area (Å²) in [6, 6.07) is 15.9. The van der Waals surface area contributed by atoms with E-state index in [1.807, 2.05) is 30.3 Å². The van der Waals surface area contributed by atoms with E-state index in [1.165, 1.54) is 18.5 Å². The van der Waals surface area contributed by atoms with Gasteiger partial charge in [-0.3, -0.25) is 4.79 Å². The summed E-state index contributed by atoms with van der Waals surface area (Å²) in [4.78, 5) is 14.9. The van der Waals surface area contributed by atoms with Crippen molar-refractivity contribution in [2.75, 3.05) is 23.3 Å². The Labute approximate surface area is 138 Å². The van der Waals surface area contributed by atoms with Gasteiger partial charge in [0, 0.05) is 30.0 Å². The van der Waals surface area contributed by atoms with Crippen molar-refractivity contribution in [3.8, 4) is 0 Å². The fourth-order valence-electron chi connectivity index (χ4n) is 3.11. The fraction of sp³-hybridized carbons (Fsp3) is 0.350. The third kappa shape index (κ3) is 3.55.